The summed E-state index contributed by atoms with van der Waals surface area (Å²) in [5.74, 6) is 1.56. The van der Waals surface area contributed by atoms with E-state index in [0.717, 1.165) is 37.4 Å². The lowest BCUT2D eigenvalue weighted by Crippen LogP contribution is -2.45. The van der Waals surface area contributed by atoms with Gasteiger partial charge in [0.2, 0.25) is 5.91 Å². The molecule has 0 radical (unpaired) electrons. The summed E-state index contributed by atoms with van der Waals surface area (Å²) >= 11 is 0. The van der Waals surface area contributed by atoms with E-state index in [9.17, 15) is 4.79 Å². The maximum Gasteiger partial charge on any atom is 0.239 e. The van der Waals surface area contributed by atoms with Gasteiger partial charge in [-0.05, 0) is 43.1 Å². The van der Waals surface area contributed by atoms with Crippen molar-refractivity contribution in [3.63, 3.8) is 0 Å². The zero-order chi connectivity index (χ0) is 15.2. The predicted octanol–water partition coefficient (Wildman–Crippen LogP) is 2.84. The maximum absolute atomic E-state index is 12.5. The molecule has 0 saturated carbocycles. The van der Waals surface area contributed by atoms with Gasteiger partial charge in [0.05, 0.1) is 6.04 Å². The zero-order valence-electron chi connectivity index (χ0n) is 13.3. The van der Waals surface area contributed by atoms with Gasteiger partial charge in [0, 0.05) is 13.1 Å². The third-order valence-corrected chi connectivity index (χ3v) is 4.64. The van der Waals surface area contributed by atoms with Crippen LogP contribution in [0.1, 0.15) is 38.7 Å². The molecular formula is C18H28N2O. The molecule has 1 heterocycles. The van der Waals surface area contributed by atoms with E-state index in [2.05, 4.69) is 13.8 Å². The van der Waals surface area contributed by atoms with Crippen LogP contribution in [-0.2, 0) is 11.2 Å². The Bertz CT molecular complexity index is 444. The fourth-order valence-electron chi connectivity index (χ4n) is 3.20. The molecule has 1 aromatic rings. The zero-order valence-corrected chi connectivity index (χ0v) is 13.3. The topological polar surface area (TPSA) is 46.3 Å². The molecule has 1 amide bonds. The summed E-state index contributed by atoms with van der Waals surface area (Å²) in [6.07, 6.45) is 4.08. The molecule has 116 valence electrons. The summed E-state index contributed by atoms with van der Waals surface area (Å²) in [5, 5.41) is 0. The van der Waals surface area contributed by atoms with Crippen LogP contribution in [0.2, 0.25) is 0 Å². The van der Waals surface area contributed by atoms with E-state index >= 15 is 0 Å². The van der Waals surface area contributed by atoms with Crippen molar-refractivity contribution >= 4 is 5.91 Å². The lowest BCUT2D eigenvalue weighted by molar-refractivity contribution is -0.132. The van der Waals surface area contributed by atoms with E-state index in [1.807, 2.05) is 35.2 Å². The van der Waals surface area contributed by atoms with Gasteiger partial charge in [0.1, 0.15) is 0 Å². The molecule has 2 N–H and O–H groups in total. The van der Waals surface area contributed by atoms with Crippen LogP contribution in [0.15, 0.2) is 30.3 Å². The molecule has 1 aliphatic heterocycles. The number of hydrogen-bond donors (Lipinski definition) is 1. The van der Waals surface area contributed by atoms with Gasteiger partial charge in [-0.25, -0.2) is 0 Å². The Labute approximate surface area is 128 Å². The molecule has 2 rings (SSSR count). The molecule has 0 bridgehead atoms. The highest BCUT2D eigenvalue weighted by atomic mass is 16.2. The first-order valence-corrected chi connectivity index (χ1v) is 8.16. The van der Waals surface area contributed by atoms with Crippen molar-refractivity contribution < 1.29 is 4.79 Å². The summed E-state index contributed by atoms with van der Waals surface area (Å²) in [6.45, 7) is 6.29. The van der Waals surface area contributed by atoms with Gasteiger partial charge in [0.15, 0.2) is 0 Å². The molecule has 3 heteroatoms. The second-order valence-electron chi connectivity index (χ2n) is 6.56. The second-order valence-corrected chi connectivity index (χ2v) is 6.56. The number of carbonyl (C=O) groups excluding carboxylic acids is 1. The van der Waals surface area contributed by atoms with Crippen LogP contribution in [0.4, 0.5) is 0 Å². The van der Waals surface area contributed by atoms with E-state index < -0.39 is 6.04 Å². The van der Waals surface area contributed by atoms with Gasteiger partial charge in [-0.2, -0.15) is 0 Å². The number of rotatable bonds is 4. The van der Waals surface area contributed by atoms with Gasteiger partial charge in [-0.3, -0.25) is 4.79 Å². The predicted molar refractivity (Wildman–Crippen MR) is 86.9 cm³/mol. The lowest BCUT2D eigenvalue weighted by Gasteiger charge is -2.24. The highest BCUT2D eigenvalue weighted by Crippen LogP contribution is 2.24. The fourth-order valence-corrected chi connectivity index (χ4v) is 3.20. The van der Waals surface area contributed by atoms with Crippen LogP contribution < -0.4 is 5.73 Å². The summed E-state index contributed by atoms with van der Waals surface area (Å²) in [7, 11) is 0. The van der Waals surface area contributed by atoms with Crippen molar-refractivity contribution in [3.05, 3.63) is 35.9 Å². The number of hydrogen-bond acceptors (Lipinski definition) is 2. The first-order valence-electron chi connectivity index (χ1n) is 8.16. The molecular weight excluding hydrogens is 260 g/mol. The van der Waals surface area contributed by atoms with E-state index in [0.29, 0.717) is 12.3 Å². The number of benzene rings is 1. The Morgan fingerprint density at radius 3 is 2.62 bits per heavy atom. The van der Waals surface area contributed by atoms with Crippen LogP contribution in [0, 0.1) is 11.8 Å². The Morgan fingerprint density at radius 2 is 1.95 bits per heavy atom. The molecule has 1 saturated heterocycles. The molecule has 0 aliphatic carbocycles. The minimum atomic E-state index is -0.414. The summed E-state index contributed by atoms with van der Waals surface area (Å²) in [4.78, 5) is 14.5. The highest BCUT2D eigenvalue weighted by Gasteiger charge is 2.25. The number of nitrogens with two attached hydrogens (primary N) is 1. The Balaban J connectivity index is 1.90. The van der Waals surface area contributed by atoms with E-state index in [4.69, 9.17) is 5.73 Å². The quantitative estimate of drug-likeness (QED) is 0.926. The summed E-state index contributed by atoms with van der Waals surface area (Å²) in [6, 6.07) is 9.62. The van der Waals surface area contributed by atoms with Crippen LogP contribution in [-0.4, -0.2) is 29.9 Å². The first kappa shape index (κ1) is 16.0. The van der Waals surface area contributed by atoms with E-state index in [1.54, 1.807) is 0 Å². The van der Waals surface area contributed by atoms with Crippen LogP contribution in [0.3, 0.4) is 0 Å². The summed E-state index contributed by atoms with van der Waals surface area (Å²) < 4.78 is 0. The van der Waals surface area contributed by atoms with Crippen molar-refractivity contribution in [1.29, 1.82) is 0 Å². The number of nitrogens with zero attached hydrogens (tertiary/aromatic N) is 1. The first-order chi connectivity index (χ1) is 10.1. The van der Waals surface area contributed by atoms with Gasteiger partial charge in [0.25, 0.3) is 0 Å². The molecule has 3 nitrogen and oxygen atoms in total. The van der Waals surface area contributed by atoms with Crippen LogP contribution in [0.5, 0.6) is 0 Å². The monoisotopic (exact) mass is 288 g/mol. The minimum absolute atomic E-state index is 0.114. The minimum Gasteiger partial charge on any atom is -0.341 e. The molecule has 1 aromatic carbocycles. The standard InChI is InChI=1S/C18H28N2O/c1-14(2)16-9-6-11-20(12-10-16)18(21)17(19)13-15-7-4-3-5-8-15/h3-5,7-8,14,16-17H,6,9-13,19H2,1-2H3. The van der Waals surface area contributed by atoms with Crippen molar-refractivity contribution in [2.24, 2.45) is 17.6 Å². The molecule has 1 fully saturated rings. The Morgan fingerprint density at radius 1 is 1.24 bits per heavy atom. The van der Waals surface area contributed by atoms with Crippen molar-refractivity contribution in [3.8, 4) is 0 Å². The smallest absolute Gasteiger partial charge is 0.239 e. The third-order valence-electron chi connectivity index (χ3n) is 4.64. The van der Waals surface area contributed by atoms with Gasteiger partial charge in [-0.1, -0.05) is 44.2 Å². The number of carbonyl (C=O) groups is 1. The molecule has 0 aromatic heterocycles. The Kier molecular flexibility index (Phi) is 5.80. The van der Waals surface area contributed by atoms with Crippen molar-refractivity contribution in [1.82, 2.24) is 4.90 Å². The average molecular weight is 288 g/mol. The van der Waals surface area contributed by atoms with Crippen molar-refractivity contribution in [2.45, 2.75) is 45.6 Å². The van der Waals surface area contributed by atoms with Crippen LogP contribution >= 0.6 is 0 Å². The maximum atomic E-state index is 12.5. The van der Waals surface area contributed by atoms with Crippen LogP contribution in [0.25, 0.3) is 0 Å². The highest BCUT2D eigenvalue weighted by molar-refractivity contribution is 5.82. The number of likely N-dealkylation sites (tertiary alicyclic amines) is 1. The number of amides is 1. The molecule has 0 spiro atoms. The molecule has 2 atom stereocenters. The van der Waals surface area contributed by atoms with Gasteiger partial charge < -0.3 is 10.6 Å². The van der Waals surface area contributed by atoms with Crippen molar-refractivity contribution in [2.75, 3.05) is 13.1 Å². The fraction of sp³-hybridized carbons (Fsp3) is 0.611. The van der Waals surface area contributed by atoms with Gasteiger partial charge in [-0.15, -0.1) is 0 Å². The molecule has 2 unspecified atom stereocenters. The normalized spacial score (nSPS) is 21.1. The summed E-state index contributed by atoms with van der Waals surface area (Å²) in [5.41, 5.74) is 7.27. The molecule has 1 aliphatic rings. The Hall–Kier alpha value is -1.35. The van der Waals surface area contributed by atoms with Gasteiger partial charge >= 0.3 is 0 Å². The second kappa shape index (κ2) is 7.60. The average Bonchev–Trinajstić information content (AvgIpc) is 2.73. The van der Waals surface area contributed by atoms with E-state index in [1.165, 1.54) is 6.42 Å². The molecule has 21 heavy (non-hydrogen) atoms. The lowest BCUT2D eigenvalue weighted by atomic mass is 9.89. The SMILES string of the molecule is CC(C)C1CCCN(C(=O)C(N)Cc2ccccc2)CC1. The largest absolute Gasteiger partial charge is 0.341 e. The third kappa shape index (κ3) is 4.57. The van der Waals surface area contributed by atoms with E-state index in [-0.39, 0.29) is 5.91 Å².